The van der Waals surface area contributed by atoms with Gasteiger partial charge in [0.2, 0.25) is 10.0 Å². The van der Waals surface area contributed by atoms with Gasteiger partial charge in [0, 0.05) is 16.1 Å². The summed E-state index contributed by atoms with van der Waals surface area (Å²) in [5.74, 6) is 1.50. The van der Waals surface area contributed by atoms with Crippen LogP contribution in [0.15, 0.2) is 44.1 Å². The molecule has 1 heterocycles. The molecular weight excluding hydrogens is 342 g/mol. The number of benzene rings is 1. The number of furan rings is 1. The first kappa shape index (κ1) is 15.3. The number of nitrogens with one attached hydrogen (secondary N) is 1. The largest absolute Gasteiger partial charge is 0.466 e. The van der Waals surface area contributed by atoms with Crippen LogP contribution >= 0.6 is 15.9 Å². The fraction of sp³-hybridized carbons (Fsp3) is 0.286. The Labute approximate surface area is 127 Å². The summed E-state index contributed by atoms with van der Waals surface area (Å²) in [5.41, 5.74) is 0.850. The molecule has 1 N–H and O–H groups in total. The second-order valence-electron chi connectivity index (χ2n) is 4.67. The Bertz CT molecular complexity index is 705. The maximum absolute atomic E-state index is 12.3. The van der Waals surface area contributed by atoms with Crippen molar-refractivity contribution in [3.05, 3.63) is 51.9 Å². The van der Waals surface area contributed by atoms with Crippen LogP contribution in [0.5, 0.6) is 0 Å². The van der Waals surface area contributed by atoms with Gasteiger partial charge in [0.05, 0.1) is 4.90 Å². The zero-order valence-electron chi connectivity index (χ0n) is 11.5. The highest BCUT2D eigenvalue weighted by molar-refractivity contribution is 9.10. The zero-order valence-corrected chi connectivity index (χ0v) is 13.9. The molecule has 4 nitrogen and oxygen atoms in total. The third-order valence-electron chi connectivity index (χ3n) is 3.00. The number of aryl methyl sites for hydroxylation is 2. The Morgan fingerprint density at radius 3 is 2.30 bits per heavy atom. The van der Waals surface area contributed by atoms with E-state index in [1.807, 2.05) is 19.9 Å². The fourth-order valence-corrected chi connectivity index (χ4v) is 3.55. The molecule has 0 saturated carbocycles. The van der Waals surface area contributed by atoms with Crippen molar-refractivity contribution in [2.45, 2.75) is 31.7 Å². The molecule has 6 heteroatoms. The van der Waals surface area contributed by atoms with E-state index in [9.17, 15) is 8.42 Å². The van der Waals surface area contributed by atoms with Crippen molar-refractivity contribution in [3.8, 4) is 0 Å². The molecule has 0 aliphatic heterocycles. The Balaban J connectivity index is 2.24. The fourth-order valence-electron chi connectivity index (χ4n) is 2.06. The molecule has 0 spiro atoms. The number of hydrogen-bond acceptors (Lipinski definition) is 3. The first-order valence-corrected chi connectivity index (χ1v) is 8.42. The third-order valence-corrected chi connectivity index (χ3v) is 5.09. The average molecular weight is 358 g/mol. The standard InChI is InChI=1S/C14H16BrNO3S/c1-9-8-14(11(3)19-9)10(2)16-20(17,18)13-6-4-12(15)5-7-13/h4-8,10,16H,1-3H3. The van der Waals surface area contributed by atoms with Gasteiger partial charge in [-0.25, -0.2) is 13.1 Å². The summed E-state index contributed by atoms with van der Waals surface area (Å²) in [4.78, 5) is 0.241. The highest BCUT2D eigenvalue weighted by Crippen LogP contribution is 2.23. The molecular formula is C14H16BrNO3S. The molecule has 1 unspecified atom stereocenters. The van der Waals surface area contributed by atoms with Gasteiger partial charge < -0.3 is 4.42 Å². The summed E-state index contributed by atoms with van der Waals surface area (Å²) < 4.78 is 33.5. The number of halogens is 1. The normalized spacial score (nSPS) is 13.4. The van der Waals surface area contributed by atoms with Crippen LogP contribution in [0, 0.1) is 13.8 Å². The number of sulfonamides is 1. The summed E-state index contributed by atoms with van der Waals surface area (Å²) in [5, 5.41) is 0. The van der Waals surface area contributed by atoms with Crippen molar-refractivity contribution in [3.63, 3.8) is 0 Å². The molecule has 0 aliphatic carbocycles. The molecule has 0 saturated heterocycles. The number of hydrogen-bond donors (Lipinski definition) is 1. The monoisotopic (exact) mass is 357 g/mol. The lowest BCUT2D eigenvalue weighted by Crippen LogP contribution is -2.27. The molecule has 0 bridgehead atoms. The Morgan fingerprint density at radius 1 is 1.20 bits per heavy atom. The van der Waals surface area contributed by atoms with Gasteiger partial charge in [-0.2, -0.15) is 0 Å². The van der Waals surface area contributed by atoms with Crippen LogP contribution in [-0.2, 0) is 10.0 Å². The van der Waals surface area contributed by atoms with Crippen molar-refractivity contribution in [1.29, 1.82) is 0 Å². The Morgan fingerprint density at radius 2 is 1.80 bits per heavy atom. The van der Waals surface area contributed by atoms with E-state index in [1.165, 1.54) is 0 Å². The summed E-state index contributed by atoms with van der Waals surface area (Å²) in [6, 6.07) is 8.03. The molecule has 0 fully saturated rings. The second kappa shape index (κ2) is 5.71. The molecule has 2 aromatic rings. The van der Waals surface area contributed by atoms with E-state index in [0.29, 0.717) is 0 Å². The first-order valence-electron chi connectivity index (χ1n) is 6.14. The average Bonchev–Trinajstić information content (AvgIpc) is 2.68. The SMILES string of the molecule is Cc1cc(C(C)NS(=O)(=O)c2ccc(Br)cc2)c(C)o1. The van der Waals surface area contributed by atoms with Gasteiger partial charge in [-0.3, -0.25) is 0 Å². The van der Waals surface area contributed by atoms with Crippen molar-refractivity contribution < 1.29 is 12.8 Å². The van der Waals surface area contributed by atoms with Crippen LogP contribution in [0.4, 0.5) is 0 Å². The first-order chi connectivity index (χ1) is 9.29. The van der Waals surface area contributed by atoms with Crippen molar-refractivity contribution in [2.24, 2.45) is 0 Å². The van der Waals surface area contributed by atoms with Gasteiger partial charge in [-0.1, -0.05) is 15.9 Å². The lowest BCUT2D eigenvalue weighted by Gasteiger charge is -2.13. The lowest BCUT2D eigenvalue weighted by atomic mass is 10.1. The van der Waals surface area contributed by atoms with Crippen molar-refractivity contribution >= 4 is 26.0 Å². The summed E-state index contributed by atoms with van der Waals surface area (Å²) in [6.07, 6.45) is 0. The molecule has 2 rings (SSSR count). The minimum Gasteiger partial charge on any atom is -0.466 e. The maximum Gasteiger partial charge on any atom is 0.241 e. The lowest BCUT2D eigenvalue weighted by molar-refractivity contribution is 0.496. The van der Waals surface area contributed by atoms with Gasteiger partial charge in [0.1, 0.15) is 11.5 Å². The molecule has 0 amide bonds. The molecule has 1 aromatic heterocycles. The third kappa shape index (κ3) is 3.31. The van der Waals surface area contributed by atoms with Crippen LogP contribution in [-0.4, -0.2) is 8.42 Å². The summed E-state index contributed by atoms with van der Waals surface area (Å²) in [6.45, 7) is 5.47. The van der Waals surface area contributed by atoms with Crippen LogP contribution in [0.1, 0.15) is 30.0 Å². The van der Waals surface area contributed by atoms with Gasteiger partial charge in [0.25, 0.3) is 0 Å². The van der Waals surface area contributed by atoms with Crippen LogP contribution in [0.2, 0.25) is 0 Å². The number of rotatable bonds is 4. The smallest absolute Gasteiger partial charge is 0.241 e. The second-order valence-corrected chi connectivity index (χ2v) is 7.30. The minimum absolute atomic E-state index is 0.241. The van der Waals surface area contributed by atoms with Crippen molar-refractivity contribution in [2.75, 3.05) is 0 Å². The molecule has 0 aliphatic rings. The van der Waals surface area contributed by atoms with E-state index in [-0.39, 0.29) is 10.9 Å². The van der Waals surface area contributed by atoms with Gasteiger partial charge in [0.15, 0.2) is 0 Å². The Kier molecular flexibility index (Phi) is 4.36. The van der Waals surface area contributed by atoms with Gasteiger partial charge >= 0.3 is 0 Å². The van der Waals surface area contributed by atoms with E-state index in [4.69, 9.17) is 4.42 Å². The van der Waals surface area contributed by atoms with E-state index >= 15 is 0 Å². The summed E-state index contributed by atoms with van der Waals surface area (Å²) in [7, 11) is -3.54. The summed E-state index contributed by atoms with van der Waals surface area (Å²) >= 11 is 3.28. The van der Waals surface area contributed by atoms with Crippen LogP contribution in [0.25, 0.3) is 0 Å². The predicted molar refractivity (Wildman–Crippen MR) is 81.1 cm³/mol. The van der Waals surface area contributed by atoms with Gasteiger partial charge in [-0.15, -0.1) is 0 Å². The molecule has 1 aromatic carbocycles. The zero-order chi connectivity index (χ0) is 14.9. The molecule has 20 heavy (non-hydrogen) atoms. The molecule has 1 atom stereocenters. The van der Waals surface area contributed by atoms with E-state index in [0.717, 1.165) is 21.6 Å². The maximum atomic E-state index is 12.3. The minimum atomic E-state index is -3.54. The quantitative estimate of drug-likeness (QED) is 0.907. The highest BCUT2D eigenvalue weighted by Gasteiger charge is 2.20. The molecule has 0 radical (unpaired) electrons. The van der Waals surface area contributed by atoms with Gasteiger partial charge in [-0.05, 0) is 51.1 Å². The van der Waals surface area contributed by atoms with E-state index in [1.54, 1.807) is 31.2 Å². The molecule has 108 valence electrons. The van der Waals surface area contributed by atoms with Crippen LogP contribution < -0.4 is 4.72 Å². The topological polar surface area (TPSA) is 59.3 Å². The highest BCUT2D eigenvalue weighted by atomic mass is 79.9. The van der Waals surface area contributed by atoms with Crippen LogP contribution in [0.3, 0.4) is 0 Å². The van der Waals surface area contributed by atoms with E-state index < -0.39 is 10.0 Å². The van der Waals surface area contributed by atoms with E-state index in [2.05, 4.69) is 20.7 Å². The predicted octanol–water partition coefficient (Wildman–Crippen LogP) is 3.70. The van der Waals surface area contributed by atoms with Crippen molar-refractivity contribution in [1.82, 2.24) is 4.72 Å². The Hall–Kier alpha value is -1.11.